The van der Waals surface area contributed by atoms with Crippen molar-refractivity contribution >= 4 is 23.2 Å². The molecule has 0 saturated carbocycles. The second-order valence-electron chi connectivity index (χ2n) is 6.94. The highest BCUT2D eigenvalue weighted by atomic mass is 16.5. The first-order valence-corrected chi connectivity index (χ1v) is 9.77. The van der Waals surface area contributed by atoms with E-state index in [4.69, 9.17) is 9.47 Å². The topological polar surface area (TPSA) is 81.9 Å². The number of hydrogen-bond acceptors (Lipinski definition) is 5. The van der Waals surface area contributed by atoms with Crippen molar-refractivity contribution in [2.75, 3.05) is 11.9 Å². The molecule has 1 N–H and O–H groups in total. The van der Waals surface area contributed by atoms with E-state index in [9.17, 15) is 9.59 Å². The van der Waals surface area contributed by atoms with Gasteiger partial charge in [-0.15, -0.1) is 0 Å². The number of amides is 1. The Kier molecular flexibility index (Phi) is 5.93. The lowest BCUT2D eigenvalue weighted by molar-refractivity contribution is -0.119. The molecular weight excluding hydrogens is 394 g/mol. The highest BCUT2D eigenvalue weighted by molar-refractivity contribution is 5.95. The Balaban J connectivity index is 1.27. The zero-order valence-electron chi connectivity index (χ0n) is 16.9. The van der Waals surface area contributed by atoms with Crippen LogP contribution in [-0.4, -0.2) is 27.9 Å². The van der Waals surface area contributed by atoms with E-state index in [0.717, 1.165) is 11.3 Å². The normalized spacial score (nSPS) is 10.6. The van der Waals surface area contributed by atoms with E-state index < -0.39 is 18.5 Å². The van der Waals surface area contributed by atoms with Crippen molar-refractivity contribution in [3.05, 3.63) is 95.9 Å². The summed E-state index contributed by atoms with van der Waals surface area (Å²) in [5.74, 6) is -0.399. The maximum atomic E-state index is 12.2. The molecule has 7 nitrogen and oxygen atoms in total. The van der Waals surface area contributed by atoms with Gasteiger partial charge in [0.05, 0.1) is 0 Å². The van der Waals surface area contributed by atoms with Gasteiger partial charge < -0.3 is 19.2 Å². The molecule has 4 aromatic rings. The first kappa shape index (κ1) is 20.2. The van der Waals surface area contributed by atoms with Gasteiger partial charge >= 0.3 is 5.97 Å². The number of aryl methyl sites for hydroxylation is 1. The zero-order valence-corrected chi connectivity index (χ0v) is 16.9. The van der Waals surface area contributed by atoms with Crippen LogP contribution < -0.4 is 10.1 Å². The van der Waals surface area contributed by atoms with Crippen molar-refractivity contribution in [3.8, 4) is 5.75 Å². The zero-order chi connectivity index (χ0) is 21.6. The number of carbonyl (C=O) groups excluding carboxylic acids is 2. The number of esters is 1. The summed E-state index contributed by atoms with van der Waals surface area (Å²) in [5.41, 5.74) is 3.39. The third-order valence-corrected chi connectivity index (χ3v) is 4.63. The maximum absolute atomic E-state index is 12.2. The highest BCUT2D eigenvalue weighted by Gasteiger charge is 2.15. The molecule has 156 valence electrons. The van der Waals surface area contributed by atoms with Gasteiger partial charge in [0.15, 0.2) is 12.3 Å². The van der Waals surface area contributed by atoms with E-state index in [1.54, 1.807) is 40.9 Å². The molecule has 2 aromatic heterocycles. The average Bonchev–Trinajstić information content (AvgIpc) is 3.24. The number of nitrogens with zero attached hydrogens (tertiary/aromatic N) is 2. The molecule has 0 aliphatic carbocycles. The molecule has 0 radical (unpaired) electrons. The number of imidazole rings is 1. The van der Waals surface area contributed by atoms with Gasteiger partial charge in [-0.3, -0.25) is 4.79 Å². The summed E-state index contributed by atoms with van der Waals surface area (Å²) in [6.07, 6.45) is 1.60. The van der Waals surface area contributed by atoms with Crippen LogP contribution in [0.5, 0.6) is 5.75 Å². The second kappa shape index (κ2) is 9.13. The number of ether oxygens (including phenoxy) is 2. The SMILES string of the molecule is Cc1cccc2nc(C(=O)OCC(=O)Nc3ccc(OCc4ccccc4)cc3)cn12. The third kappa shape index (κ3) is 5.08. The fraction of sp³-hybridized carbons (Fsp3) is 0.125. The summed E-state index contributed by atoms with van der Waals surface area (Å²) in [6.45, 7) is 1.97. The number of rotatable bonds is 7. The molecule has 7 heteroatoms. The molecule has 0 atom stereocenters. The highest BCUT2D eigenvalue weighted by Crippen LogP contribution is 2.17. The number of benzene rings is 2. The summed E-state index contributed by atoms with van der Waals surface area (Å²) in [5, 5.41) is 2.69. The van der Waals surface area contributed by atoms with Crippen molar-refractivity contribution in [1.29, 1.82) is 0 Å². The minimum absolute atomic E-state index is 0.155. The van der Waals surface area contributed by atoms with Gasteiger partial charge in [-0.05, 0) is 48.9 Å². The Morgan fingerprint density at radius 1 is 0.968 bits per heavy atom. The standard InChI is InChI=1S/C24H21N3O4/c1-17-6-5-9-22-26-21(14-27(17)22)24(29)31-16-23(28)25-19-10-12-20(13-11-19)30-15-18-7-3-2-4-8-18/h2-14H,15-16H2,1H3,(H,25,28). The fourth-order valence-corrected chi connectivity index (χ4v) is 3.02. The van der Waals surface area contributed by atoms with Crippen LogP contribution in [0.3, 0.4) is 0 Å². The minimum Gasteiger partial charge on any atom is -0.489 e. The average molecular weight is 415 g/mol. The van der Waals surface area contributed by atoms with E-state index in [0.29, 0.717) is 23.7 Å². The number of carbonyl (C=O) groups is 2. The summed E-state index contributed by atoms with van der Waals surface area (Å²) in [4.78, 5) is 28.6. The van der Waals surface area contributed by atoms with Gasteiger partial charge in [-0.25, -0.2) is 9.78 Å². The largest absolute Gasteiger partial charge is 0.489 e. The smallest absolute Gasteiger partial charge is 0.359 e. The summed E-state index contributed by atoms with van der Waals surface area (Å²) in [7, 11) is 0. The van der Waals surface area contributed by atoms with Crippen LogP contribution in [0, 0.1) is 6.92 Å². The molecule has 0 spiro atoms. The predicted octanol–water partition coefficient (Wildman–Crippen LogP) is 4.02. The van der Waals surface area contributed by atoms with Gasteiger partial charge in [0, 0.05) is 17.6 Å². The van der Waals surface area contributed by atoms with Gasteiger partial charge in [0.2, 0.25) is 0 Å². The van der Waals surface area contributed by atoms with Crippen LogP contribution in [0.15, 0.2) is 79.0 Å². The van der Waals surface area contributed by atoms with Gasteiger partial charge in [0.1, 0.15) is 18.0 Å². The molecule has 31 heavy (non-hydrogen) atoms. The van der Waals surface area contributed by atoms with E-state index in [2.05, 4.69) is 10.3 Å². The number of anilines is 1. The number of aromatic nitrogens is 2. The summed E-state index contributed by atoms with van der Waals surface area (Å²) >= 11 is 0. The molecule has 0 fully saturated rings. The van der Waals surface area contributed by atoms with Crippen LogP contribution in [0.1, 0.15) is 21.7 Å². The Hall–Kier alpha value is -4.13. The Morgan fingerprint density at radius 2 is 1.74 bits per heavy atom. The molecule has 0 aliphatic rings. The Morgan fingerprint density at radius 3 is 2.48 bits per heavy atom. The van der Waals surface area contributed by atoms with Crippen LogP contribution in [-0.2, 0) is 16.1 Å². The van der Waals surface area contributed by atoms with E-state index in [-0.39, 0.29) is 5.69 Å². The minimum atomic E-state index is -0.650. The van der Waals surface area contributed by atoms with Crippen molar-refractivity contribution in [2.45, 2.75) is 13.5 Å². The first-order chi connectivity index (χ1) is 15.1. The van der Waals surface area contributed by atoms with E-state index in [1.165, 1.54) is 0 Å². The van der Waals surface area contributed by atoms with Crippen LogP contribution in [0.25, 0.3) is 5.65 Å². The van der Waals surface area contributed by atoms with Crippen LogP contribution in [0.4, 0.5) is 5.69 Å². The van der Waals surface area contributed by atoms with Gasteiger partial charge in [-0.1, -0.05) is 36.4 Å². The molecular formula is C24H21N3O4. The molecule has 0 bridgehead atoms. The number of pyridine rings is 1. The second-order valence-corrected chi connectivity index (χ2v) is 6.94. The maximum Gasteiger partial charge on any atom is 0.359 e. The van der Waals surface area contributed by atoms with Gasteiger partial charge in [0.25, 0.3) is 5.91 Å². The van der Waals surface area contributed by atoms with E-state index in [1.807, 2.05) is 49.4 Å². The quantitative estimate of drug-likeness (QED) is 0.461. The van der Waals surface area contributed by atoms with Crippen molar-refractivity contribution in [2.24, 2.45) is 0 Å². The first-order valence-electron chi connectivity index (χ1n) is 9.77. The molecule has 1 amide bonds. The summed E-state index contributed by atoms with van der Waals surface area (Å²) < 4.78 is 12.6. The number of hydrogen-bond donors (Lipinski definition) is 1. The molecule has 0 unspecified atom stereocenters. The van der Waals surface area contributed by atoms with Gasteiger partial charge in [-0.2, -0.15) is 0 Å². The van der Waals surface area contributed by atoms with E-state index >= 15 is 0 Å². The van der Waals surface area contributed by atoms with Crippen molar-refractivity contribution in [3.63, 3.8) is 0 Å². The van der Waals surface area contributed by atoms with Crippen LogP contribution >= 0.6 is 0 Å². The molecule has 2 aromatic carbocycles. The fourth-order valence-electron chi connectivity index (χ4n) is 3.02. The Bertz CT molecular complexity index is 1200. The molecule has 2 heterocycles. The Labute approximate surface area is 179 Å². The molecule has 4 rings (SSSR count). The van der Waals surface area contributed by atoms with Crippen molar-refractivity contribution in [1.82, 2.24) is 9.38 Å². The third-order valence-electron chi connectivity index (χ3n) is 4.63. The lowest BCUT2D eigenvalue weighted by Gasteiger charge is -2.08. The lowest BCUT2D eigenvalue weighted by Crippen LogP contribution is -2.21. The summed E-state index contributed by atoms with van der Waals surface area (Å²) in [6, 6.07) is 22.4. The molecule has 0 saturated heterocycles. The van der Waals surface area contributed by atoms with Crippen LogP contribution in [0.2, 0.25) is 0 Å². The predicted molar refractivity (Wildman–Crippen MR) is 116 cm³/mol. The molecule has 0 aliphatic heterocycles. The lowest BCUT2D eigenvalue weighted by atomic mass is 10.2. The number of nitrogens with one attached hydrogen (secondary N) is 1. The van der Waals surface area contributed by atoms with Crippen molar-refractivity contribution < 1.29 is 19.1 Å². The number of fused-ring (bicyclic) bond motifs is 1. The monoisotopic (exact) mass is 415 g/mol.